The van der Waals surface area contributed by atoms with E-state index in [1.807, 2.05) is 6.07 Å². The summed E-state index contributed by atoms with van der Waals surface area (Å²) in [4.78, 5) is 13.9. The number of rotatable bonds is 1. The summed E-state index contributed by atoms with van der Waals surface area (Å²) in [6.45, 7) is 3.00. The van der Waals surface area contributed by atoms with E-state index in [0.717, 1.165) is 0 Å². The molecule has 0 rings (SSSR count). The quantitative estimate of drug-likeness (QED) is 0.447. The molecule has 0 bridgehead atoms. The molecular weight excluding hydrogens is 148 g/mol. The van der Waals surface area contributed by atoms with Gasteiger partial charge in [-0.1, -0.05) is 5.11 Å². The number of azo groups is 1. The van der Waals surface area contributed by atoms with Crippen LogP contribution < -0.4 is 5.90 Å². The van der Waals surface area contributed by atoms with Crippen LogP contribution in [0.1, 0.15) is 13.8 Å². The van der Waals surface area contributed by atoms with E-state index >= 15 is 0 Å². The molecule has 2 N–H and O–H groups in total. The Labute approximate surface area is 63.6 Å². The highest BCUT2D eigenvalue weighted by atomic mass is 16.7. The fourth-order valence-electron chi connectivity index (χ4n) is 0.212. The number of nitrogens with two attached hydrogens (primary N) is 1. The SMILES string of the molecule is CC(C)(C#N)N=NC(=O)ON. The van der Waals surface area contributed by atoms with Crippen molar-refractivity contribution in [2.45, 2.75) is 19.4 Å². The lowest BCUT2D eigenvalue weighted by atomic mass is 10.1. The average molecular weight is 156 g/mol. The van der Waals surface area contributed by atoms with Gasteiger partial charge >= 0.3 is 6.09 Å². The third-order valence-electron chi connectivity index (χ3n) is 0.756. The van der Waals surface area contributed by atoms with Crippen molar-refractivity contribution in [3.8, 4) is 6.07 Å². The highest BCUT2D eigenvalue weighted by Crippen LogP contribution is 2.06. The number of hydrogen-bond donors (Lipinski definition) is 1. The van der Waals surface area contributed by atoms with Crippen molar-refractivity contribution in [2.24, 2.45) is 16.1 Å². The lowest BCUT2D eigenvalue weighted by molar-refractivity contribution is 0.156. The van der Waals surface area contributed by atoms with Crippen molar-refractivity contribution in [2.75, 3.05) is 0 Å². The van der Waals surface area contributed by atoms with E-state index in [-0.39, 0.29) is 0 Å². The molecular formula is C5H8N4O2. The summed E-state index contributed by atoms with van der Waals surface area (Å²) in [6.07, 6.45) is -1.02. The number of carbonyl (C=O) groups is 1. The second-order valence-electron chi connectivity index (χ2n) is 2.25. The van der Waals surface area contributed by atoms with Crippen molar-refractivity contribution >= 4 is 6.09 Å². The van der Waals surface area contributed by atoms with E-state index in [1.54, 1.807) is 0 Å². The monoisotopic (exact) mass is 156 g/mol. The number of amides is 1. The summed E-state index contributed by atoms with van der Waals surface area (Å²) in [7, 11) is 0. The zero-order valence-electron chi connectivity index (χ0n) is 6.24. The van der Waals surface area contributed by atoms with Crippen LogP contribution in [-0.2, 0) is 4.84 Å². The van der Waals surface area contributed by atoms with E-state index in [4.69, 9.17) is 5.26 Å². The van der Waals surface area contributed by atoms with Gasteiger partial charge in [0.2, 0.25) is 0 Å². The molecule has 60 valence electrons. The van der Waals surface area contributed by atoms with Crippen LogP contribution in [0.2, 0.25) is 0 Å². The Morgan fingerprint density at radius 3 is 2.64 bits per heavy atom. The average Bonchev–Trinajstić information content (AvgIpc) is 2.00. The number of nitriles is 1. The van der Waals surface area contributed by atoms with E-state index in [9.17, 15) is 4.79 Å². The molecule has 0 radical (unpaired) electrons. The molecule has 0 aromatic carbocycles. The first-order chi connectivity index (χ1) is 5.02. The number of nitrogens with zero attached hydrogens (tertiary/aromatic N) is 3. The van der Waals surface area contributed by atoms with Gasteiger partial charge in [-0.15, -0.1) is 0 Å². The normalized spacial score (nSPS) is 11.1. The third-order valence-corrected chi connectivity index (χ3v) is 0.756. The summed E-state index contributed by atoms with van der Waals surface area (Å²) in [5.41, 5.74) is -1.02. The minimum Gasteiger partial charge on any atom is -0.354 e. The van der Waals surface area contributed by atoms with Gasteiger partial charge in [-0.2, -0.15) is 16.3 Å². The van der Waals surface area contributed by atoms with E-state index in [1.165, 1.54) is 13.8 Å². The van der Waals surface area contributed by atoms with Gasteiger partial charge in [0.15, 0.2) is 5.54 Å². The molecule has 6 heteroatoms. The van der Waals surface area contributed by atoms with Crippen molar-refractivity contribution < 1.29 is 9.63 Å². The molecule has 0 aromatic rings. The molecule has 0 heterocycles. The van der Waals surface area contributed by atoms with Crippen LogP contribution >= 0.6 is 0 Å². The van der Waals surface area contributed by atoms with Gasteiger partial charge < -0.3 is 4.84 Å². The maximum Gasteiger partial charge on any atom is 0.470 e. The van der Waals surface area contributed by atoms with E-state index < -0.39 is 11.6 Å². The standard InChI is InChI=1S/C5H8N4O2/c1-5(2,3-6)9-8-4(10)11-7/h7H2,1-2H3. The summed E-state index contributed by atoms with van der Waals surface area (Å²) in [5.74, 6) is 4.46. The van der Waals surface area contributed by atoms with Crippen molar-refractivity contribution in [1.29, 1.82) is 5.26 Å². The number of hydrogen-bond acceptors (Lipinski definition) is 5. The molecule has 0 saturated carbocycles. The summed E-state index contributed by atoms with van der Waals surface area (Å²) < 4.78 is 0. The maximum absolute atomic E-state index is 10.3. The van der Waals surface area contributed by atoms with E-state index in [0.29, 0.717) is 0 Å². The second kappa shape index (κ2) is 3.63. The third kappa shape index (κ3) is 4.00. The summed E-state index contributed by atoms with van der Waals surface area (Å²) in [5, 5.41) is 14.7. The highest BCUT2D eigenvalue weighted by molar-refractivity contribution is 5.66. The highest BCUT2D eigenvalue weighted by Gasteiger charge is 2.15. The largest absolute Gasteiger partial charge is 0.470 e. The fraction of sp³-hybridized carbons (Fsp3) is 0.600. The Morgan fingerprint density at radius 2 is 2.27 bits per heavy atom. The minimum absolute atomic E-state index is 1.02. The Balaban J connectivity index is 4.15. The van der Waals surface area contributed by atoms with Crippen LogP contribution in [0.25, 0.3) is 0 Å². The van der Waals surface area contributed by atoms with Gasteiger partial charge in [0.25, 0.3) is 0 Å². The molecule has 0 aliphatic heterocycles. The first kappa shape index (κ1) is 9.52. The predicted octanol–water partition coefficient (Wildman–Crippen LogP) is 0.751. The van der Waals surface area contributed by atoms with Crippen LogP contribution in [0.15, 0.2) is 10.2 Å². The fourth-order valence-corrected chi connectivity index (χ4v) is 0.212. The molecule has 0 aromatic heterocycles. The molecule has 0 aliphatic carbocycles. The van der Waals surface area contributed by atoms with Crippen LogP contribution in [0.5, 0.6) is 0 Å². The topological polar surface area (TPSA) is 101 Å². The Kier molecular flexibility index (Phi) is 3.14. The van der Waals surface area contributed by atoms with Crippen molar-refractivity contribution in [3.05, 3.63) is 0 Å². The summed E-state index contributed by atoms with van der Waals surface area (Å²) in [6, 6.07) is 1.81. The number of carbonyl (C=O) groups excluding carboxylic acids is 1. The Morgan fingerprint density at radius 1 is 1.73 bits per heavy atom. The molecule has 11 heavy (non-hydrogen) atoms. The molecule has 0 atom stereocenters. The lowest BCUT2D eigenvalue weighted by Crippen LogP contribution is -2.13. The van der Waals surface area contributed by atoms with Gasteiger partial charge in [0, 0.05) is 0 Å². The van der Waals surface area contributed by atoms with Gasteiger partial charge in [0.05, 0.1) is 6.07 Å². The molecule has 0 spiro atoms. The van der Waals surface area contributed by atoms with Crippen molar-refractivity contribution in [1.82, 2.24) is 0 Å². The van der Waals surface area contributed by atoms with Gasteiger partial charge in [-0.25, -0.2) is 4.79 Å². The summed E-state index contributed by atoms with van der Waals surface area (Å²) >= 11 is 0. The van der Waals surface area contributed by atoms with Gasteiger partial charge in [0.1, 0.15) is 0 Å². The van der Waals surface area contributed by atoms with Crippen LogP contribution in [0.4, 0.5) is 4.79 Å². The molecule has 0 fully saturated rings. The van der Waals surface area contributed by atoms with E-state index in [2.05, 4.69) is 21.0 Å². The predicted molar refractivity (Wildman–Crippen MR) is 35.2 cm³/mol. The molecule has 1 amide bonds. The van der Waals surface area contributed by atoms with Crippen molar-refractivity contribution in [3.63, 3.8) is 0 Å². The zero-order chi connectivity index (χ0) is 8.91. The maximum atomic E-state index is 10.3. The first-order valence-corrected chi connectivity index (χ1v) is 2.76. The zero-order valence-corrected chi connectivity index (χ0v) is 6.24. The Bertz CT molecular complexity index is 215. The first-order valence-electron chi connectivity index (χ1n) is 2.76. The van der Waals surface area contributed by atoms with Crippen LogP contribution in [0.3, 0.4) is 0 Å². The Hall–Kier alpha value is -1.48. The molecule has 0 unspecified atom stereocenters. The molecule has 6 nitrogen and oxygen atoms in total. The minimum atomic E-state index is -1.02. The molecule has 0 aliphatic rings. The van der Waals surface area contributed by atoms with Crippen LogP contribution in [0, 0.1) is 11.3 Å². The molecule has 0 saturated heterocycles. The van der Waals surface area contributed by atoms with Gasteiger partial charge in [-0.05, 0) is 13.8 Å². The lowest BCUT2D eigenvalue weighted by Gasteiger charge is -2.03. The van der Waals surface area contributed by atoms with Crippen LogP contribution in [-0.4, -0.2) is 11.6 Å². The second-order valence-corrected chi connectivity index (χ2v) is 2.25. The van der Waals surface area contributed by atoms with Gasteiger partial charge in [-0.3, -0.25) is 0 Å². The smallest absolute Gasteiger partial charge is 0.354 e.